The second-order valence-corrected chi connectivity index (χ2v) is 10.9. The topological polar surface area (TPSA) is 55.5 Å². The zero-order valence-corrected chi connectivity index (χ0v) is 13.0. The Kier molecular flexibility index (Phi) is 4.59. The van der Waals surface area contributed by atoms with Crippen molar-refractivity contribution >= 4 is 8.32 Å². The second-order valence-electron chi connectivity index (χ2n) is 6.18. The van der Waals surface area contributed by atoms with Gasteiger partial charge in [-0.2, -0.15) is 0 Å². The molecule has 1 atom stereocenters. The Morgan fingerprint density at radius 3 is 2.11 bits per heavy atom. The van der Waals surface area contributed by atoms with Crippen LogP contribution in [0.25, 0.3) is 0 Å². The summed E-state index contributed by atoms with van der Waals surface area (Å²) in [4.78, 5) is 0. The monoisotopic (exact) mass is 267 g/mol. The van der Waals surface area contributed by atoms with Crippen LogP contribution in [0.3, 0.4) is 0 Å². The first-order valence-electron chi connectivity index (χ1n) is 6.34. The summed E-state index contributed by atoms with van der Waals surface area (Å²) in [6.07, 6.45) is -0.591. The first kappa shape index (κ1) is 15.2. The van der Waals surface area contributed by atoms with Crippen LogP contribution in [0.2, 0.25) is 18.1 Å². The van der Waals surface area contributed by atoms with Crippen molar-refractivity contribution in [3.8, 4) is 5.75 Å². The summed E-state index contributed by atoms with van der Waals surface area (Å²) in [5.41, 5.74) is 6.26. The Balaban J connectivity index is 2.81. The molecule has 1 rings (SSSR count). The SMILES string of the molecule is CC(C)(C)[Si](C)(C)Oc1ccc([C@@H](O)CN)cc1. The van der Waals surface area contributed by atoms with Crippen LogP contribution in [0.1, 0.15) is 32.4 Å². The third-order valence-electron chi connectivity index (χ3n) is 3.67. The van der Waals surface area contributed by atoms with Crippen molar-refractivity contribution in [2.75, 3.05) is 6.54 Å². The fourth-order valence-corrected chi connectivity index (χ4v) is 2.37. The van der Waals surface area contributed by atoms with Crippen LogP contribution in [0.5, 0.6) is 5.75 Å². The molecule has 0 heterocycles. The van der Waals surface area contributed by atoms with Crippen LogP contribution in [-0.4, -0.2) is 20.0 Å². The number of rotatable bonds is 4. The van der Waals surface area contributed by atoms with Crippen molar-refractivity contribution < 1.29 is 9.53 Å². The number of hydrogen-bond acceptors (Lipinski definition) is 3. The highest BCUT2D eigenvalue weighted by Crippen LogP contribution is 2.37. The molecule has 0 saturated carbocycles. The Labute approximate surface area is 111 Å². The van der Waals surface area contributed by atoms with Crippen LogP contribution in [0.15, 0.2) is 24.3 Å². The molecule has 0 fully saturated rings. The summed E-state index contributed by atoms with van der Waals surface area (Å²) in [6.45, 7) is 11.3. The average molecular weight is 267 g/mol. The molecule has 102 valence electrons. The summed E-state index contributed by atoms with van der Waals surface area (Å²) >= 11 is 0. The predicted octanol–water partition coefficient (Wildman–Crippen LogP) is 3.06. The van der Waals surface area contributed by atoms with E-state index in [4.69, 9.17) is 10.2 Å². The van der Waals surface area contributed by atoms with E-state index in [0.717, 1.165) is 11.3 Å². The van der Waals surface area contributed by atoms with Gasteiger partial charge in [0.05, 0.1) is 6.10 Å². The Morgan fingerprint density at radius 2 is 1.72 bits per heavy atom. The maximum absolute atomic E-state index is 9.62. The molecule has 0 bridgehead atoms. The van der Waals surface area contributed by atoms with Gasteiger partial charge in [-0.05, 0) is 35.8 Å². The molecule has 0 amide bonds. The first-order valence-corrected chi connectivity index (χ1v) is 9.25. The normalized spacial score (nSPS) is 14.4. The minimum Gasteiger partial charge on any atom is -0.544 e. The molecule has 0 unspecified atom stereocenters. The summed E-state index contributed by atoms with van der Waals surface area (Å²) < 4.78 is 6.16. The van der Waals surface area contributed by atoms with Gasteiger partial charge in [0.15, 0.2) is 0 Å². The molecule has 0 aliphatic carbocycles. The van der Waals surface area contributed by atoms with E-state index in [1.54, 1.807) is 0 Å². The Bertz CT molecular complexity index is 382. The van der Waals surface area contributed by atoms with Gasteiger partial charge in [-0.25, -0.2) is 0 Å². The molecule has 0 aliphatic heterocycles. The van der Waals surface area contributed by atoms with Gasteiger partial charge in [-0.1, -0.05) is 32.9 Å². The minimum absolute atomic E-state index is 0.183. The fraction of sp³-hybridized carbons (Fsp3) is 0.571. The van der Waals surface area contributed by atoms with Crippen molar-refractivity contribution in [3.05, 3.63) is 29.8 Å². The zero-order chi connectivity index (χ0) is 14.0. The number of benzene rings is 1. The molecular weight excluding hydrogens is 242 g/mol. The third-order valence-corrected chi connectivity index (χ3v) is 8.03. The molecule has 0 radical (unpaired) electrons. The fourth-order valence-electron chi connectivity index (χ4n) is 1.34. The lowest BCUT2D eigenvalue weighted by Crippen LogP contribution is -2.43. The van der Waals surface area contributed by atoms with Crippen LogP contribution in [0, 0.1) is 0 Å². The highest BCUT2D eigenvalue weighted by atomic mass is 28.4. The van der Waals surface area contributed by atoms with Gasteiger partial charge in [0.25, 0.3) is 0 Å². The van der Waals surface area contributed by atoms with Gasteiger partial charge in [-0.3, -0.25) is 0 Å². The first-order chi connectivity index (χ1) is 8.17. The third kappa shape index (κ3) is 3.57. The lowest BCUT2D eigenvalue weighted by molar-refractivity contribution is 0.186. The second kappa shape index (κ2) is 5.43. The maximum Gasteiger partial charge on any atom is 0.250 e. The van der Waals surface area contributed by atoms with Crippen LogP contribution < -0.4 is 10.2 Å². The van der Waals surface area contributed by atoms with Crippen molar-refractivity contribution in [3.63, 3.8) is 0 Å². The summed E-state index contributed by atoms with van der Waals surface area (Å²) in [5, 5.41) is 9.81. The van der Waals surface area contributed by atoms with E-state index in [1.807, 2.05) is 24.3 Å². The van der Waals surface area contributed by atoms with Gasteiger partial charge in [0.2, 0.25) is 8.32 Å². The average Bonchev–Trinajstić information content (AvgIpc) is 2.27. The quantitative estimate of drug-likeness (QED) is 0.824. The van der Waals surface area contributed by atoms with E-state index in [-0.39, 0.29) is 11.6 Å². The van der Waals surface area contributed by atoms with E-state index < -0.39 is 14.4 Å². The van der Waals surface area contributed by atoms with Crippen LogP contribution >= 0.6 is 0 Å². The van der Waals surface area contributed by atoms with Crippen molar-refractivity contribution in [1.82, 2.24) is 0 Å². The van der Waals surface area contributed by atoms with Gasteiger partial charge < -0.3 is 15.3 Å². The molecule has 3 N–H and O–H groups in total. The van der Waals surface area contributed by atoms with E-state index in [0.29, 0.717) is 0 Å². The molecule has 0 aliphatic rings. The lowest BCUT2D eigenvalue weighted by Gasteiger charge is -2.36. The highest BCUT2D eigenvalue weighted by Gasteiger charge is 2.38. The van der Waals surface area contributed by atoms with Crippen molar-refractivity contribution in [2.24, 2.45) is 5.73 Å². The molecule has 1 aromatic rings. The van der Waals surface area contributed by atoms with Crippen LogP contribution in [0.4, 0.5) is 0 Å². The standard InChI is InChI=1S/C14H25NO2Si/c1-14(2,3)18(4,5)17-12-8-6-11(7-9-12)13(16)10-15/h6-9,13,16H,10,15H2,1-5H3/t13-/m0/s1. The molecule has 1 aromatic carbocycles. The Morgan fingerprint density at radius 1 is 1.22 bits per heavy atom. The van der Waals surface area contributed by atoms with Gasteiger partial charge >= 0.3 is 0 Å². The molecule has 0 spiro atoms. The molecule has 3 nitrogen and oxygen atoms in total. The van der Waals surface area contributed by atoms with E-state index in [1.165, 1.54) is 0 Å². The van der Waals surface area contributed by atoms with Gasteiger partial charge in [0.1, 0.15) is 5.75 Å². The molecule has 0 aromatic heterocycles. The van der Waals surface area contributed by atoms with Gasteiger partial charge in [0, 0.05) is 6.54 Å². The number of hydrogen-bond donors (Lipinski definition) is 2. The summed E-state index contributed by atoms with van der Waals surface area (Å²) in [7, 11) is -1.79. The lowest BCUT2D eigenvalue weighted by atomic mass is 10.1. The molecular formula is C14H25NO2Si. The minimum atomic E-state index is -1.79. The maximum atomic E-state index is 9.62. The van der Waals surface area contributed by atoms with Crippen molar-refractivity contribution in [1.29, 1.82) is 0 Å². The van der Waals surface area contributed by atoms with Crippen molar-refractivity contribution in [2.45, 2.75) is 45.0 Å². The largest absolute Gasteiger partial charge is 0.544 e. The number of nitrogens with two attached hydrogens (primary N) is 1. The predicted molar refractivity (Wildman–Crippen MR) is 78.3 cm³/mol. The Hall–Kier alpha value is -0.843. The molecule has 0 saturated heterocycles. The summed E-state index contributed by atoms with van der Waals surface area (Å²) in [6, 6.07) is 7.57. The number of aliphatic hydroxyl groups excluding tert-OH is 1. The zero-order valence-electron chi connectivity index (χ0n) is 12.0. The van der Waals surface area contributed by atoms with Gasteiger partial charge in [-0.15, -0.1) is 0 Å². The van der Waals surface area contributed by atoms with E-state index in [9.17, 15) is 5.11 Å². The molecule has 18 heavy (non-hydrogen) atoms. The van der Waals surface area contributed by atoms with E-state index >= 15 is 0 Å². The highest BCUT2D eigenvalue weighted by molar-refractivity contribution is 6.74. The van der Waals surface area contributed by atoms with Crippen LogP contribution in [-0.2, 0) is 0 Å². The molecule has 4 heteroatoms. The smallest absolute Gasteiger partial charge is 0.250 e. The number of aliphatic hydroxyl groups is 1. The summed E-state index contributed by atoms with van der Waals surface area (Å²) in [5.74, 6) is 0.870. The van der Waals surface area contributed by atoms with E-state index in [2.05, 4.69) is 33.9 Å².